The normalized spacial score (nSPS) is 19.7. The van der Waals surface area contributed by atoms with Gasteiger partial charge < -0.3 is 15.3 Å². The molecule has 1 amide bonds. The van der Waals surface area contributed by atoms with Crippen LogP contribution >= 0.6 is 22.7 Å². The number of amides is 1. The topological polar surface area (TPSA) is 94.5 Å². The van der Waals surface area contributed by atoms with E-state index >= 15 is 0 Å². The van der Waals surface area contributed by atoms with Crippen molar-refractivity contribution in [1.29, 1.82) is 0 Å². The largest absolute Gasteiger partial charge is 0.410 e. The zero-order valence-electron chi connectivity index (χ0n) is 20.4. The number of nitrogens with one attached hydrogen (secondary N) is 1. The lowest BCUT2D eigenvalue weighted by molar-refractivity contribution is -0.189. The smallest absolute Gasteiger partial charge is 0.396 e. The number of pyridine rings is 1. The van der Waals surface area contributed by atoms with Crippen LogP contribution in [0.3, 0.4) is 0 Å². The first-order valence-corrected chi connectivity index (χ1v) is 13.6. The van der Waals surface area contributed by atoms with E-state index in [1.807, 2.05) is 19.2 Å². The summed E-state index contributed by atoms with van der Waals surface area (Å²) in [7, 11) is 0. The highest BCUT2D eigenvalue weighted by atomic mass is 32.1. The Bertz CT molecular complexity index is 1270. The van der Waals surface area contributed by atoms with Gasteiger partial charge in [-0.25, -0.2) is 15.0 Å². The van der Waals surface area contributed by atoms with Gasteiger partial charge in [-0.15, -0.1) is 22.7 Å². The number of nitrogens with zero attached hydrogens (tertiary/aromatic N) is 5. The Labute approximate surface area is 220 Å². The highest BCUT2D eigenvalue weighted by Crippen LogP contribution is 2.46. The van der Waals surface area contributed by atoms with Crippen LogP contribution in [0.25, 0.3) is 10.6 Å². The average molecular weight is 553 g/mol. The lowest BCUT2D eigenvalue weighted by atomic mass is 10.0. The number of anilines is 2. The Balaban J connectivity index is 1.25. The second-order valence-corrected chi connectivity index (χ2v) is 11.8. The summed E-state index contributed by atoms with van der Waals surface area (Å²) >= 11 is 2.97. The summed E-state index contributed by atoms with van der Waals surface area (Å²) in [5.41, 5.74) is 1.54. The van der Waals surface area contributed by atoms with Crippen molar-refractivity contribution in [3.63, 3.8) is 0 Å². The maximum Gasteiger partial charge on any atom is 0.410 e. The van der Waals surface area contributed by atoms with Crippen molar-refractivity contribution in [2.75, 3.05) is 38.1 Å². The quantitative estimate of drug-likeness (QED) is 0.446. The van der Waals surface area contributed by atoms with Crippen molar-refractivity contribution in [1.82, 2.24) is 24.8 Å². The van der Waals surface area contributed by atoms with Gasteiger partial charge >= 0.3 is 6.18 Å². The third-order valence-corrected chi connectivity index (χ3v) is 8.69. The SMILES string of the molecule is Cc1nc(C)c(-c2csc(Nc3ccc(C(=O)N4CCN(CC5(CO)CC5)CC4C(F)(F)F)cn3)n2)s1. The zero-order valence-corrected chi connectivity index (χ0v) is 22.0. The Morgan fingerprint density at radius 3 is 2.62 bits per heavy atom. The van der Waals surface area contributed by atoms with Gasteiger partial charge in [0.25, 0.3) is 5.91 Å². The van der Waals surface area contributed by atoms with E-state index in [0.717, 1.165) is 39.0 Å². The molecule has 4 heterocycles. The fraction of sp³-hybridized carbons (Fsp3) is 0.500. The number of aromatic nitrogens is 3. The monoisotopic (exact) mass is 552 g/mol. The number of aliphatic hydroxyl groups is 1. The number of hydrogen-bond acceptors (Lipinski definition) is 9. The van der Waals surface area contributed by atoms with Crippen LogP contribution in [0.4, 0.5) is 24.1 Å². The average Bonchev–Trinajstić information content (AvgIpc) is 3.34. The molecule has 2 aliphatic rings. The number of thiazole rings is 2. The summed E-state index contributed by atoms with van der Waals surface area (Å²) in [6.45, 7) is 4.26. The molecule has 3 aromatic rings. The van der Waals surface area contributed by atoms with E-state index in [0.29, 0.717) is 24.0 Å². The minimum atomic E-state index is -4.56. The molecule has 1 unspecified atom stereocenters. The zero-order chi connectivity index (χ0) is 26.4. The molecule has 0 radical (unpaired) electrons. The van der Waals surface area contributed by atoms with Crippen molar-refractivity contribution in [2.24, 2.45) is 5.41 Å². The number of aryl methyl sites for hydroxylation is 2. The third-order valence-electron chi connectivity index (χ3n) is 6.84. The molecule has 37 heavy (non-hydrogen) atoms. The Kier molecular flexibility index (Phi) is 6.98. The van der Waals surface area contributed by atoms with E-state index in [-0.39, 0.29) is 30.7 Å². The van der Waals surface area contributed by atoms with Crippen LogP contribution < -0.4 is 5.32 Å². The standard InChI is InChI=1S/C24H27F3N6O2S2/c1-14-20(37-15(2)29-14)17-11-36-22(30-17)31-19-4-3-16(9-28-19)21(35)33-8-7-32(10-18(33)24(25,26)27)12-23(13-34)5-6-23/h3-4,9,11,18,34H,5-8,10,12-13H2,1-2H3,(H,28,30,31). The number of halogens is 3. The second kappa shape index (κ2) is 9.93. The fourth-order valence-electron chi connectivity index (χ4n) is 4.60. The van der Waals surface area contributed by atoms with Crippen molar-refractivity contribution >= 4 is 39.5 Å². The van der Waals surface area contributed by atoms with Gasteiger partial charge in [0, 0.05) is 49.8 Å². The van der Waals surface area contributed by atoms with Gasteiger partial charge in [0.1, 0.15) is 11.9 Å². The predicted octanol–water partition coefficient (Wildman–Crippen LogP) is 4.48. The maximum atomic E-state index is 13.9. The molecular formula is C24H27F3N6O2S2. The first-order valence-electron chi connectivity index (χ1n) is 11.9. The molecule has 198 valence electrons. The van der Waals surface area contributed by atoms with E-state index in [9.17, 15) is 23.1 Å². The molecule has 1 atom stereocenters. The predicted molar refractivity (Wildman–Crippen MR) is 136 cm³/mol. The molecule has 0 aromatic carbocycles. The maximum absolute atomic E-state index is 13.9. The molecule has 5 rings (SSSR count). The number of piperazine rings is 1. The lowest BCUT2D eigenvalue weighted by Gasteiger charge is -2.43. The number of aliphatic hydroxyl groups excluding tert-OH is 1. The molecule has 0 bridgehead atoms. The summed E-state index contributed by atoms with van der Waals surface area (Å²) in [4.78, 5) is 29.9. The van der Waals surface area contributed by atoms with Crippen LogP contribution in [0.2, 0.25) is 0 Å². The highest BCUT2D eigenvalue weighted by Gasteiger charge is 2.50. The van der Waals surface area contributed by atoms with Crippen LogP contribution in [-0.2, 0) is 0 Å². The molecule has 8 nitrogen and oxygen atoms in total. The summed E-state index contributed by atoms with van der Waals surface area (Å²) in [5, 5.41) is 16.1. The van der Waals surface area contributed by atoms with E-state index in [1.165, 1.54) is 23.6 Å². The molecule has 1 aliphatic carbocycles. The summed E-state index contributed by atoms with van der Waals surface area (Å²) in [6, 6.07) is 1.13. The van der Waals surface area contributed by atoms with Crippen LogP contribution in [0.1, 0.15) is 33.9 Å². The van der Waals surface area contributed by atoms with Crippen LogP contribution in [0, 0.1) is 19.3 Å². The molecule has 0 spiro atoms. The minimum Gasteiger partial charge on any atom is -0.396 e. The van der Waals surface area contributed by atoms with Gasteiger partial charge in [-0.05, 0) is 38.8 Å². The van der Waals surface area contributed by atoms with E-state index < -0.39 is 18.1 Å². The van der Waals surface area contributed by atoms with Gasteiger partial charge in [0.2, 0.25) is 0 Å². The first-order chi connectivity index (χ1) is 17.6. The summed E-state index contributed by atoms with van der Waals surface area (Å²) in [6.07, 6.45) is -1.63. The number of carbonyl (C=O) groups excluding carboxylic acids is 1. The van der Waals surface area contributed by atoms with Crippen molar-refractivity contribution < 1.29 is 23.1 Å². The van der Waals surface area contributed by atoms with Crippen LogP contribution in [0.5, 0.6) is 0 Å². The van der Waals surface area contributed by atoms with Gasteiger partial charge in [0.15, 0.2) is 5.13 Å². The van der Waals surface area contributed by atoms with Gasteiger partial charge in [-0.2, -0.15) is 13.2 Å². The Morgan fingerprint density at radius 1 is 1.24 bits per heavy atom. The minimum absolute atomic E-state index is 0.0261. The van der Waals surface area contributed by atoms with Gasteiger partial charge in [-0.1, -0.05) is 0 Å². The Morgan fingerprint density at radius 2 is 2.03 bits per heavy atom. The first kappa shape index (κ1) is 26.0. The summed E-state index contributed by atoms with van der Waals surface area (Å²) < 4.78 is 41.8. The number of carbonyl (C=O) groups is 1. The molecule has 2 fully saturated rings. The highest BCUT2D eigenvalue weighted by molar-refractivity contribution is 7.16. The number of alkyl halides is 3. The molecule has 3 aromatic heterocycles. The van der Waals surface area contributed by atoms with Gasteiger partial charge in [0.05, 0.1) is 26.8 Å². The Hall–Kier alpha value is -2.61. The van der Waals surface area contributed by atoms with Crippen LogP contribution in [-0.4, -0.2) is 80.8 Å². The third kappa shape index (κ3) is 5.64. The fourth-order valence-corrected chi connectivity index (χ4v) is 6.26. The lowest BCUT2D eigenvalue weighted by Crippen LogP contribution is -2.61. The summed E-state index contributed by atoms with van der Waals surface area (Å²) in [5.74, 6) is -0.262. The molecule has 1 aliphatic heterocycles. The van der Waals surface area contributed by atoms with Crippen molar-refractivity contribution in [3.8, 4) is 10.6 Å². The van der Waals surface area contributed by atoms with Crippen molar-refractivity contribution in [2.45, 2.75) is 38.9 Å². The van der Waals surface area contributed by atoms with Crippen molar-refractivity contribution in [3.05, 3.63) is 40.0 Å². The number of rotatable bonds is 7. The second-order valence-electron chi connectivity index (χ2n) is 9.69. The molecule has 13 heteroatoms. The number of hydrogen-bond donors (Lipinski definition) is 2. The van der Waals surface area contributed by atoms with Gasteiger partial charge in [-0.3, -0.25) is 9.69 Å². The molecule has 1 saturated heterocycles. The van der Waals surface area contributed by atoms with E-state index in [4.69, 9.17) is 0 Å². The molecule has 2 N–H and O–H groups in total. The molecule has 1 saturated carbocycles. The van der Waals surface area contributed by atoms with E-state index in [2.05, 4.69) is 20.3 Å². The molecular weight excluding hydrogens is 525 g/mol. The van der Waals surface area contributed by atoms with E-state index in [1.54, 1.807) is 22.3 Å². The van der Waals surface area contributed by atoms with Crippen LogP contribution in [0.15, 0.2) is 23.7 Å².